The molecule has 1 aromatic heterocycles. The zero-order chi connectivity index (χ0) is 22.8. The molecule has 2 heterocycles. The number of ether oxygens (including phenoxy) is 2. The zero-order valence-corrected chi connectivity index (χ0v) is 18.7. The molecule has 8 heteroatoms. The molecule has 3 aromatic rings. The Balaban J connectivity index is 1.50. The van der Waals surface area contributed by atoms with E-state index in [1.165, 1.54) is 0 Å². The number of hydrogen-bond donors (Lipinski definition) is 2. The first-order valence-corrected chi connectivity index (χ1v) is 10.7. The summed E-state index contributed by atoms with van der Waals surface area (Å²) in [6.07, 6.45) is 0.158. The largest absolute Gasteiger partial charge is 0.493 e. The van der Waals surface area contributed by atoms with Crippen LogP contribution in [-0.4, -0.2) is 42.5 Å². The molecule has 1 aliphatic rings. The quantitative estimate of drug-likeness (QED) is 0.591. The zero-order valence-electron chi connectivity index (χ0n) is 18.7. The monoisotopic (exact) mass is 436 g/mol. The summed E-state index contributed by atoms with van der Waals surface area (Å²) in [5.41, 5.74) is 2.47. The van der Waals surface area contributed by atoms with Gasteiger partial charge in [0, 0.05) is 24.7 Å². The number of amides is 2. The van der Waals surface area contributed by atoms with Crippen molar-refractivity contribution in [2.24, 2.45) is 11.8 Å². The van der Waals surface area contributed by atoms with Crippen LogP contribution in [0.2, 0.25) is 0 Å². The number of carbonyl (C=O) groups excluding carboxylic acids is 2. The first-order valence-electron chi connectivity index (χ1n) is 10.7. The van der Waals surface area contributed by atoms with Crippen molar-refractivity contribution < 1.29 is 19.1 Å². The second kappa shape index (κ2) is 8.90. The van der Waals surface area contributed by atoms with E-state index in [-0.39, 0.29) is 30.2 Å². The van der Waals surface area contributed by atoms with Gasteiger partial charge in [-0.1, -0.05) is 26.0 Å². The van der Waals surface area contributed by atoms with Gasteiger partial charge in [0.2, 0.25) is 11.8 Å². The lowest BCUT2D eigenvalue weighted by Gasteiger charge is -2.22. The maximum absolute atomic E-state index is 13.1. The standard InChI is InChI=1S/C24H28N4O4/c1-14(2)22(23-25-17-7-5-6-8-18(17)26-23)27-24(30)15-11-21(29)28(13-15)16-9-10-19(31-3)20(12-16)32-4/h5-10,12,14-15,22H,11,13H2,1-4H3,(H,25,26)(H,27,30). The summed E-state index contributed by atoms with van der Waals surface area (Å²) >= 11 is 0. The molecule has 0 spiro atoms. The van der Waals surface area contributed by atoms with E-state index in [1.807, 2.05) is 38.1 Å². The van der Waals surface area contributed by atoms with Crippen LogP contribution in [0.3, 0.4) is 0 Å². The van der Waals surface area contributed by atoms with Crippen molar-refractivity contribution in [2.45, 2.75) is 26.3 Å². The number of nitrogens with one attached hydrogen (secondary N) is 2. The number of fused-ring (bicyclic) bond motifs is 1. The van der Waals surface area contributed by atoms with Crippen molar-refractivity contribution >= 4 is 28.5 Å². The molecule has 0 saturated carbocycles. The van der Waals surface area contributed by atoms with Crippen LogP contribution >= 0.6 is 0 Å². The van der Waals surface area contributed by atoms with Crippen LogP contribution in [0.15, 0.2) is 42.5 Å². The molecule has 1 fully saturated rings. The Morgan fingerprint density at radius 3 is 2.59 bits per heavy atom. The molecule has 2 aromatic carbocycles. The molecule has 1 saturated heterocycles. The van der Waals surface area contributed by atoms with Gasteiger partial charge in [-0.2, -0.15) is 0 Å². The van der Waals surface area contributed by atoms with E-state index in [0.29, 0.717) is 23.7 Å². The lowest BCUT2D eigenvalue weighted by molar-refractivity contribution is -0.127. The van der Waals surface area contributed by atoms with Gasteiger partial charge in [-0.05, 0) is 30.2 Å². The van der Waals surface area contributed by atoms with E-state index in [2.05, 4.69) is 15.3 Å². The van der Waals surface area contributed by atoms with Crippen molar-refractivity contribution in [2.75, 3.05) is 25.7 Å². The van der Waals surface area contributed by atoms with Crippen molar-refractivity contribution in [3.05, 3.63) is 48.3 Å². The summed E-state index contributed by atoms with van der Waals surface area (Å²) in [5.74, 6) is 1.27. The van der Waals surface area contributed by atoms with Gasteiger partial charge in [-0.25, -0.2) is 4.98 Å². The molecule has 0 radical (unpaired) electrons. The van der Waals surface area contributed by atoms with Gasteiger partial charge in [0.1, 0.15) is 5.82 Å². The smallest absolute Gasteiger partial charge is 0.227 e. The SMILES string of the molecule is COc1ccc(N2CC(C(=O)NC(c3nc4ccccc4[nH]3)C(C)C)CC2=O)cc1OC. The predicted octanol–water partition coefficient (Wildman–Crippen LogP) is 3.45. The first-order chi connectivity index (χ1) is 15.4. The Morgan fingerprint density at radius 1 is 1.16 bits per heavy atom. The summed E-state index contributed by atoms with van der Waals surface area (Å²) in [6, 6.07) is 12.8. The molecule has 2 unspecified atom stereocenters. The number of para-hydroxylation sites is 2. The number of hydrogen-bond acceptors (Lipinski definition) is 5. The highest BCUT2D eigenvalue weighted by Gasteiger charge is 2.37. The minimum Gasteiger partial charge on any atom is -0.493 e. The maximum atomic E-state index is 13.1. The molecule has 0 bridgehead atoms. The Bertz CT molecular complexity index is 1110. The summed E-state index contributed by atoms with van der Waals surface area (Å²) in [6.45, 7) is 4.38. The number of anilines is 1. The highest BCUT2D eigenvalue weighted by Crippen LogP contribution is 2.34. The van der Waals surface area contributed by atoms with Gasteiger partial charge >= 0.3 is 0 Å². The highest BCUT2D eigenvalue weighted by atomic mass is 16.5. The molecule has 2 atom stereocenters. The lowest BCUT2D eigenvalue weighted by Crippen LogP contribution is -2.38. The number of imidazole rings is 1. The molecule has 32 heavy (non-hydrogen) atoms. The van der Waals surface area contributed by atoms with Crippen LogP contribution in [0.5, 0.6) is 11.5 Å². The molecule has 168 valence electrons. The average Bonchev–Trinajstić information content (AvgIpc) is 3.40. The number of H-pyrrole nitrogens is 1. The molecule has 8 nitrogen and oxygen atoms in total. The first kappa shape index (κ1) is 21.7. The number of aromatic amines is 1. The summed E-state index contributed by atoms with van der Waals surface area (Å²) in [5, 5.41) is 3.11. The van der Waals surface area contributed by atoms with Crippen LogP contribution in [0.4, 0.5) is 5.69 Å². The second-order valence-corrected chi connectivity index (χ2v) is 8.31. The molecule has 1 aliphatic heterocycles. The summed E-state index contributed by atoms with van der Waals surface area (Å²) in [7, 11) is 3.11. The van der Waals surface area contributed by atoms with Crippen molar-refractivity contribution in [3.63, 3.8) is 0 Å². The topological polar surface area (TPSA) is 96.5 Å². The van der Waals surface area contributed by atoms with Gasteiger partial charge < -0.3 is 24.7 Å². The summed E-state index contributed by atoms with van der Waals surface area (Å²) < 4.78 is 10.6. The van der Waals surface area contributed by atoms with Crippen LogP contribution in [0, 0.1) is 11.8 Å². The number of rotatable bonds is 7. The second-order valence-electron chi connectivity index (χ2n) is 8.31. The Morgan fingerprint density at radius 2 is 1.91 bits per heavy atom. The van der Waals surface area contributed by atoms with Crippen LogP contribution < -0.4 is 19.7 Å². The van der Waals surface area contributed by atoms with Crippen LogP contribution in [-0.2, 0) is 9.59 Å². The van der Waals surface area contributed by atoms with E-state index >= 15 is 0 Å². The fourth-order valence-corrected chi connectivity index (χ4v) is 4.07. The fraction of sp³-hybridized carbons (Fsp3) is 0.375. The highest BCUT2D eigenvalue weighted by molar-refractivity contribution is 6.00. The molecule has 2 amide bonds. The van der Waals surface area contributed by atoms with Crippen molar-refractivity contribution in [3.8, 4) is 11.5 Å². The number of aromatic nitrogens is 2. The predicted molar refractivity (Wildman–Crippen MR) is 122 cm³/mol. The van der Waals surface area contributed by atoms with Crippen LogP contribution in [0.1, 0.15) is 32.1 Å². The van der Waals surface area contributed by atoms with E-state index in [1.54, 1.807) is 37.3 Å². The number of nitrogens with zero attached hydrogens (tertiary/aromatic N) is 2. The van der Waals surface area contributed by atoms with Gasteiger partial charge in [0.15, 0.2) is 11.5 Å². The number of carbonyl (C=O) groups is 2. The number of benzene rings is 2. The van der Waals surface area contributed by atoms with E-state index in [0.717, 1.165) is 16.9 Å². The van der Waals surface area contributed by atoms with Gasteiger partial charge in [-0.15, -0.1) is 0 Å². The van der Waals surface area contributed by atoms with E-state index in [4.69, 9.17) is 9.47 Å². The Kier molecular flexibility index (Phi) is 6.03. The minimum atomic E-state index is -0.443. The van der Waals surface area contributed by atoms with Gasteiger partial charge in [0.25, 0.3) is 0 Å². The molecule has 0 aliphatic carbocycles. The third-order valence-electron chi connectivity index (χ3n) is 5.84. The third kappa shape index (κ3) is 4.12. The van der Waals surface area contributed by atoms with Crippen LogP contribution in [0.25, 0.3) is 11.0 Å². The Labute approximate surface area is 186 Å². The normalized spacial score (nSPS) is 17.1. The van der Waals surface area contributed by atoms with E-state index in [9.17, 15) is 9.59 Å². The lowest BCUT2D eigenvalue weighted by atomic mass is 10.0. The Hall–Kier alpha value is -3.55. The van der Waals surface area contributed by atoms with E-state index < -0.39 is 5.92 Å². The van der Waals surface area contributed by atoms with Crippen molar-refractivity contribution in [1.82, 2.24) is 15.3 Å². The molecular formula is C24H28N4O4. The average molecular weight is 437 g/mol. The maximum Gasteiger partial charge on any atom is 0.227 e. The molecule has 4 rings (SSSR count). The summed E-state index contributed by atoms with van der Waals surface area (Å²) in [4.78, 5) is 35.4. The van der Waals surface area contributed by atoms with Gasteiger partial charge in [0.05, 0.1) is 37.2 Å². The molecular weight excluding hydrogens is 408 g/mol. The van der Waals surface area contributed by atoms with Crippen molar-refractivity contribution in [1.29, 1.82) is 0 Å². The third-order valence-corrected chi connectivity index (χ3v) is 5.84. The number of methoxy groups -OCH3 is 2. The minimum absolute atomic E-state index is 0.0952. The fourth-order valence-electron chi connectivity index (χ4n) is 4.07. The molecule has 2 N–H and O–H groups in total. The van der Waals surface area contributed by atoms with Gasteiger partial charge in [-0.3, -0.25) is 9.59 Å².